The van der Waals surface area contributed by atoms with E-state index < -0.39 is 11.7 Å². The van der Waals surface area contributed by atoms with E-state index in [2.05, 4.69) is 28.4 Å². The first-order valence-electron chi connectivity index (χ1n) is 9.43. The van der Waals surface area contributed by atoms with Crippen LogP contribution in [0.1, 0.15) is 50.7 Å². The minimum atomic E-state index is -0.662. The summed E-state index contributed by atoms with van der Waals surface area (Å²) < 4.78 is 7.49. The van der Waals surface area contributed by atoms with Crippen LogP contribution in [0.5, 0.6) is 0 Å². The monoisotopic (exact) mass is 385 g/mol. The molecule has 0 unspecified atom stereocenters. The minimum absolute atomic E-state index is 0.175. The van der Waals surface area contributed by atoms with Gasteiger partial charge in [-0.2, -0.15) is 0 Å². The fourth-order valence-electron chi connectivity index (χ4n) is 3.30. The van der Waals surface area contributed by atoms with Crippen LogP contribution in [0, 0.1) is 5.92 Å². The maximum Gasteiger partial charge on any atom is 0.417 e. The molecular formula is C20H27N5O3. The summed E-state index contributed by atoms with van der Waals surface area (Å²) in [4.78, 5) is 34.9. The average Bonchev–Trinajstić information content (AvgIpc) is 2.92. The number of anilines is 1. The molecule has 0 spiro atoms. The number of nitrogen functional groups attached to an aromatic ring is 1. The zero-order valence-electron chi connectivity index (χ0n) is 17.0. The normalized spacial score (nSPS) is 14.4. The quantitative estimate of drug-likeness (QED) is 0.871. The summed E-state index contributed by atoms with van der Waals surface area (Å²) in [6.07, 6.45) is 1.54. The highest BCUT2D eigenvalue weighted by Crippen LogP contribution is 2.30. The molecule has 3 rings (SSSR count). The van der Waals surface area contributed by atoms with Crippen LogP contribution in [0.4, 0.5) is 10.7 Å². The number of rotatable bonds is 3. The standard InChI is InChI=1S/C20H27N5O3/c1-12(2)11-25-15-7-9-24(19(27)28-20(3,4)5)17(26)13(15)10-16(25)14-6-8-22-18(21)23-14/h6,8,10,12H,7,9,11H2,1-5H3,(H2,21,22,23). The van der Waals surface area contributed by atoms with Gasteiger partial charge in [-0.05, 0) is 38.8 Å². The van der Waals surface area contributed by atoms with Crippen LogP contribution in [0.15, 0.2) is 18.3 Å². The average molecular weight is 385 g/mol. The fraction of sp³-hybridized carbons (Fsp3) is 0.500. The Balaban J connectivity index is 2.02. The van der Waals surface area contributed by atoms with Crippen molar-refractivity contribution in [2.75, 3.05) is 12.3 Å². The third-order valence-electron chi connectivity index (χ3n) is 4.35. The zero-order valence-corrected chi connectivity index (χ0v) is 17.0. The van der Waals surface area contributed by atoms with E-state index in [1.165, 1.54) is 4.90 Å². The van der Waals surface area contributed by atoms with Crippen molar-refractivity contribution in [3.63, 3.8) is 0 Å². The van der Waals surface area contributed by atoms with Gasteiger partial charge in [0.05, 0.1) is 17.0 Å². The molecule has 0 radical (unpaired) electrons. The Morgan fingerprint density at radius 1 is 1.36 bits per heavy atom. The molecule has 28 heavy (non-hydrogen) atoms. The summed E-state index contributed by atoms with van der Waals surface area (Å²) in [5, 5.41) is 0. The summed E-state index contributed by atoms with van der Waals surface area (Å²) in [5.41, 5.74) is 7.95. The van der Waals surface area contributed by atoms with Gasteiger partial charge in [0, 0.05) is 31.4 Å². The van der Waals surface area contributed by atoms with Gasteiger partial charge in [0.25, 0.3) is 5.91 Å². The lowest BCUT2D eigenvalue weighted by Crippen LogP contribution is -2.44. The largest absolute Gasteiger partial charge is 0.443 e. The fourth-order valence-corrected chi connectivity index (χ4v) is 3.30. The summed E-state index contributed by atoms with van der Waals surface area (Å²) >= 11 is 0. The predicted molar refractivity (Wildman–Crippen MR) is 106 cm³/mol. The van der Waals surface area contributed by atoms with Crippen molar-refractivity contribution < 1.29 is 14.3 Å². The van der Waals surface area contributed by atoms with E-state index in [1.807, 2.05) is 0 Å². The van der Waals surface area contributed by atoms with Crippen LogP contribution in [-0.2, 0) is 17.7 Å². The van der Waals surface area contributed by atoms with Gasteiger partial charge < -0.3 is 15.0 Å². The van der Waals surface area contributed by atoms with Crippen molar-refractivity contribution >= 4 is 17.9 Å². The Bertz CT molecular complexity index is 911. The van der Waals surface area contributed by atoms with Gasteiger partial charge in [0.15, 0.2) is 0 Å². The molecule has 150 valence electrons. The lowest BCUT2D eigenvalue weighted by Gasteiger charge is -2.29. The van der Waals surface area contributed by atoms with Crippen molar-refractivity contribution in [1.82, 2.24) is 19.4 Å². The first-order valence-corrected chi connectivity index (χ1v) is 9.43. The van der Waals surface area contributed by atoms with Crippen molar-refractivity contribution in [3.05, 3.63) is 29.6 Å². The number of hydrogen-bond donors (Lipinski definition) is 1. The van der Waals surface area contributed by atoms with Crippen molar-refractivity contribution in [2.24, 2.45) is 5.92 Å². The zero-order chi connectivity index (χ0) is 20.6. The molecule has 8 heteroatoms. The van der Waals surface area contributed by atoms with E-state index in [-0.39, 0.29) is 18.4 Å². The Morgan fingerprint density at radius 3 is 2.68 bits per heavy atom. The Labute approximate surface area is 164 Å². The second-order valence-electron chi connectivity index (χ2n) is 8.38. The van der Waals surface area contributed by atoms with Crippen LogP contribution in [0.3, 0.4) is 0 Å². The molecule has 3 heterocycles. The van der Waals surface area contributed by atoms with E-state index in [1.54, 1.807) is 39.1 Å². The van der Waals surface area contributed by atoms with Gasteiger partial charge >= 0.3 is 6.09 Å². The molecule has 8 nitrogen and oxygen atoms in total. The van der Waals surface area contributed by atoms with Gasteiger partial charge in [-0.25, -0.2) is 19.7 Å². The van der Waals surface area contributed by atoms with Crippen LogP contribution in [0.25, 0.3) is 11.4 Å². The van der Waals surface area contributed by atoms with E-state index in [0.29, 0.717) is 23.6 Å². The minimum Gasteiger partial charge on any atom is -0.443 e. The third-order valence-corrected chi connectivity index (χ3v) is 4.35. The molecule has 2 amide bonds. The Kier molecular flexibility index (Phi) is 5.14. The van der Waals surface area contributed by atoms with Crippen molar-refractivity contribution in [1.29, 1.82) is 0 Å². The number of carbonyl (C=O) groups excluding carboxylic acids is 2. The van der Waals surface area contributed by atoms with Crippen LogP contribution in [-0.4, -0.2) is 43.6 Å². The number of aromatic nitrogens is 3. The Morgan fingerprint density at radius 2 is 2.07 bits per heavy atom. The number of nitrogens with zero attached hydrogens (tertiary/aromatic N) is 4. The third kappa shape index (κ3) is 4.00. The number of carbonyl (C=O) groups is 2. The molecule has 0 atom stereocenters. The number of ether oxygens (including phenoxy) is 1. The number of fused-ring (bicyclic) bond motifs is 1. The molecule has 0 saturated heterocycles. The first-order chi connectivity index (χ1) is 13.1. The van der Waals surface area contributed by atoms with Gasteiger partial charge in [0.1, 0.15) is 5.60 Å². The highest BCUT2D eigenvalue weighted by Gasteiger charge is 2.35. The molecule has 2 aromatic rings. The van der Waals surface area contributed by atoms with Crippen LogP contribution in [0.2, 0.25) is 0 Å². The van der Waals surface area contributed by atoms with E-state index in [4.69, 9.17) is 10.5 Å². The lowest BCUT2D eigenvalue weighted by molar-refractivity contribution is 0.0232. The van der Waals surface area contributed by atoms with Gasteiger partial charge in [0.2, 0.25) is 5.95 Å². The molecule has 2 N–H and O–H groups in total. The van der Waals surface area contributed by atoms with E-state index in [9.17, 15) is 9.59 Å². The highest BCUT2D eigenvalue weighted by molar-refractivity contribution is 6.05. The number of nitrogens with two attached hydrogens (primary N) is 1. The van der Waals surface area contributed by atoms with Crippen molar-refractivity contribution in [3.8, 4) is 11.4 Å². The molecule has 1 aliphatic heterocycles. The molecule has 0 bridgehead atoms. The summed E-state index contributed by atoms with van der Waals surface area (Å²) in [5.74, 6) is 0.198. The van der Waals surface area contributed by atoms with Gasteiger partial charge in [-0.3, -0.25) is 4.79 Å². The second kappa shape index (κ2) is 7.26. The van der Waals surface area contributed by atoms with Crippen LogP contribution < -0.4 is 5.73 Å². The molecular weight excluding hydrogens is 358 g/mol. The number of amides is 2. The van der Waals surface area contributed by atoms with E-state index >= 15 is 0 Å². The number of hydrogen-bond acceptors (Lipinski definition) is 6. The maximum absolute atomic E-state index is 13.0. The maximum atomic E-state index is 13.0. The van der Waals surface area contributed by atoms with Crippen LogP contribution >= 0.6 is 0 Å². The summed E-state index contributed by atoms with van der Waals surface area (Å²) in [6.45, 7) is 10.6. The molecule has 0 aliphatic carbocycles. The molecule has 2 aromatic heterocycles. The van der Waals surface area contributed by atoms with Gasteiger partial charge in [-0.15, -0.1) is 0 Å². The number of imide groups is 1. The summed E-state index contributed by atoms with van der Waals surface area (Å²) in [6, 6.07) is 3.56. The van der Waals surface area contributed by atoms with Crippen molar-refractivity contribution in [2.45, 2.75) is 53.2 Å². The predicted octanol–water partition coefficient (Wildman–Crippen LogP) is 3.12. The Hall–Kier alpha value is -2.90. The molecule has 0 saturated carbocycles. The molecule has 0 fully saturated rings. The molecule has 0 aromatic carbocycles. The smallest absolute Gasteiger partial charge is 0.417 e. The SMILES string of the molecule is CC(C)Cn1c(-c2ccnc(N)n2)cc2c1CCN(C(=O)OC(C)(C)C)C2=O. The van der Waals surface area contributed by atoms with Gasteiger partial charge in [-0.1, -0.05) is 13.8 Å². The molecule has 1 aliphatic rings. The lowest BCUT2D eigenvalue weighted by atomic mass is 10.1. The second-order valence-corrected chi connectivity index (χ2v) is 8.38. The summed E-state index contributed by atoms with van der Waals surface area (Å²) in [7, 11) is 0. The highest BCUT2D eigenvalue weighted by atomic mass is 16.6. The topological polar surface area (TPSA) is 103 Å². The first kappa shape index (κ1) is 19.9. The van der Waals surface area contributed by atoms with E-state index in [0.717, 1.165) is 17.9 Å².